The first kappa shape index (κ1) is 13.1. The van der Waals surface area contributed by atoms with Crippen molar-refractivity contribution in [1.82, 2.24) is 20.4 Å². The maximum atomic E-state index is 5.58. The van der Waals surface area contributed by atoms with Crippen molar-refractivity contribution in [2.24, 2.45) is 0 Å². The summed E-state index contributed by atoms with van der Waals surface area (Å²) in [7, 11) is 0. The maximum absolute atomic E-state index is 5.58. The molecule has 0 unspecified atom stereocenters. The molecule has 19 heavy (non-hydrogen) atoms. The van der Waals surface area contributed by atoms with Crippen molar-refractivity contribution in [2.45, 2.75) is 51.0 Å². The molecule has 2 fully saturated rings. The van der Waals surface area contributed by atoms with E-state index in [1.54, 1.807) is 0 Å². The third-order valence-corrected chi connectivity index (χ3v) is 4.73. The van der Waals surface area contributed by atoms with Gasteiger partial charge in [-0.25, -0.2) is 0 Å². The van der Waals surface area contributed by atoms with Crippen LogP contribution in [0.4, 0.5) is 0 Å². The van der Waals surface area contributed by atoms with Gasteiger partial charge < -0.3 is 9.84 Å². The summed E-state index contributed by atoms with van der Waals surface area (Å²) in [6.07, 6.45) is 6.12. The Morgan fingerprint density at radius 1 is 1.26 bits per heavy atom. The fourth-order valence-electron chi connectivity index (χ4n) is 3.37. The van der Waals surface area contributed by atoms with E-state index >= 15 is 0 Å². The van der Waals surface area contributed by atoms with Crippen LogP contribution in [-0.2, 0) is 12.0 Å². The van der Waals surface area contributed by atoms with Crippen molar-refractivity contribution in [1.29, 1.82) is 0 Å². The molecule has 5 nitrogen and oxygen atoms in total. The summed E-state index contributed by atoms with van der Waals surface area (Å²) in [6.45, 7) is 7.33. The summed E-state index contributed by atoms with van der Waals surface area (Å²) >= 11 is 0. The van der Waals surface area contributed by atoms with Crippen molar-refractivity contribution in [3.8, 4) is 0 Å². The summed E-state index contributed by atoms with van der Waals surface area (Å²) in [4.78, 5) is 7.08. The maximum Gasteiger partial charge on any atom is 0.232 e. The smallest absolute Gasteiger partial charge is 0.232 e. The van der Waals surface area contributed by atoms with Gasteiger partial charge in [0.15, 0.2) is 5.82 Å². The van der Waals surface area contributed by atoms with Gasteiger partial charge in [-0.05, 0) is 19.3 Å². The standard InChI is InChI=1S/C14H24N4O/c1-2-14(5-3-4-6-14)13-16-12(17-19-13)11-18-9-7-15-8-10-18/h15H,2-11H2,1H3. The molecule has 0 spiro atoms. The minimum absolute atomic E-state index is 0.175. The molecule has 3 rings (SSSR count). The van der Waals surface area contributed by atoms with Gasteiger partial charge in [0.2, 0.25) is 5.89 Å². The molecular weight excluding hydrogens is 240 g/mol. The van der Waals surface area contributed by atoms with Crippen LogP contribution in [-0.4, -0.2) is 41.2 Å². The van der Waals surface area contributed by atoms with Crippen molar-refractivity contribution in [3.63, 3.8) is 0 Å². The predicted molar refractivity (Wildman–Crippen MR) is 72.9 cm³/mol. The average Bonchev–Trinajstić information content (AvgIpc) is 3.09. The van der Waals surface area contributed by atoms with E-state index in [2.05, 4.69) is 27.3 Å². The van der Waals surface area contributed by atoms with Gasteiger partial charge in [0.1, 0.15) is 0 Å². The van der Waals surface area contributed by atoms with E-state index in [1.165, 1.54) is 25.7 Å². The second-order valence-corrected chi connectivity index (χ2v) is 5.88. The Labute approximate surface area is 114 Å². The lowest BCUT2D eigenvalue weighted by atomic mass is 9.83. The third-order valence-electron chi connectivity index (χ3n) is 4.73. The minimum atomic E-state index is 0.175. The van der Waals surface area contributed by atoms with Crippen LogP contribution in [0.15, 0.2) is 4.52 Å². The van der Waals surface area contributed by atoms with Crippen LogP contribution < -0.4 is 5.32 Å². The molecule has 0 amide bonds. The monoisotopic (exact) mass is 264 g/mol. The lowest BCUT2D eigenvalue weighted by molar-refractivity contribution is 0.223. The SMILES string of the molecule is CCC1(c2nc(CN3CCNCC3)no2)CCCC1. The van der Waals surface area contributed by atoms with E-state index in [-0.39, 0.29) is 5.41 Å². The largest absolute Gasteiger partial charge is 0.339 e. The first-order valence-electron chi connectivity index (χ1n) is 7.58. The molecular formula is C14H24N4O. The highest BCUT2D eigenvalue weighted by atomic mass is 16.5. The Hall–Kier alpha value is -0.940. The van der Waals surface area contributed by atoms with Gasteiger partial charge in [-0.15, -0.1) is 0 Å². The molecule has 1 N–H and O–H groups in total. The van der Waals surface area contributed by atoms with Crippen LogP contribution >= 0.6 is 0 Å². The lowest BCUT2D eigenvalue weighted by Gasteiger charge is -2.25. The zero-order chi connectivity index (χ0) is 13.1. The van der Waals surface area contributed by atoms with Crippen LogP contribution in [0.3, 0.4) is 0 Å². The molecule has 1 aromatic rings. The Morgan fingerprint density at radius 2 is 2.00 bits per heavy atom. The zero-order valence-electron chi connectivity index (χ0n) is 11.8. The number of hydrogen-bond acceptors (Lipinski definition) is 5. The molecule has 106 valence electrons. The van der Waals surface area contributed by atoms with Gasteiger partial charge in [-0.2, -0.15) is 4.98 Å². The summed E-state index contributed by atoms with van der Waals surface area (Å²) in [6, 6.07) is 0. The van der Waals surface area contributed by atoms with Gasteiger partial charge >= 0.3 is 0 Å². The topological polar surface area (TPSA) is 54.2 Å². The van der Waals surface area contributed by atoms with Gasteiger partial charge in [-0.1, -0.05) is 24.9 Å². The molecule has 1 aliphatic heterocycles. The average molecular weight is 264 g/mol. The fourth-order valence-corrected chi connectivity index (χ4v) is 3.37. The molecule has 2 heterocycles. The number of piperazine rings is 1. The van der Waals surface area contributed by atoms with Gasteiger partial charge in [0, 0.05) is 31.6 Å². The zero-order valence-corrected chi connectivity index (χ0v) is 11.8. The van der Waals surface area contributed by atoms with E-state index < -0.39 is 0 Å². The van der Waals surface area contributed by atoms with Crippen molar-refractivity contribution >= 4 is 0 Å². The van der Waals surface area contributed by atoms with E-state index in [1.807, 2.05) is 0 Å². The highest BCUT2D eigenvalue weighted by Gasteiger charge is 2.39. The van der Waals surface area contributed by atoms with Gasteiger partial charge in [0.25, 0.3) is 0 Å². The van der Waals surface area contributed by atoms with Crippen molar-refractivity contribution in [3.05, 3.63) is 11.7 Å². The summed E-state index contributed by atoms with van der Waals surface area (Å²) in [5, 5.41) is 7.56. The third kappa shape index (κ3) is 2.67. The van der Waals surface area contributed by atoms with Crippen molar-refractivity contribution < 1.29 is 4.52 Å². The molecule has 0 bridgehead atoms. The quantitative estimate of drug-likeness (QED) is 0.897. The highest BCUT2D eigenvalue weighted by Crippen LogP contribution is 2.42. The Balaban J connectivity index is 1.68. The summed E-state index contributed by atoms with van der Waals surface area (Å²) in [5.41, 5.74) is 0.175. The number of aromatic nitrogens is 2. The molecule has 1 aromatic heterocycles. The molecule has 1 saturated carbocycles. The Bertz CT molecular complexity index is 405. The normalized spacial score (nSPS) is 23.8. The van der Waals surface area contributed by atoms with Crippen LogP contribution in [0.5, 0.6) is 0 Å². The first-order valence-corrected chi connectivity index (χ1v) is 7.58. The van der Waals surface area contributed by atoms with E-state index in [9.17, 15) is 0 Å². The lowest BCUT2D eigenvalue weighted by Crippen LogP contribution is -2.43. The number of rotatable bonds is 4. The molecule has 0 radical (unpaired) electrons. The number of nitrogens with zero attached hydrogens (tertiary/aromatic N) is 3. The number of hydrogen-bond donors (Lipinski definition) is 1. The predicted octanol–water partition coefficient (Wildman–Crippen LogP) is 1.70. The van der Waals surface area contributed by atoms with Crippen LogP contribution in [0, 0.1) is 0 Å². The van der Waals surface area contributed by atoms with E-state index in [0.717, 1.165) is 50.9 Å². The number of nitrogens with one attached hydrogen (secondary N) is 1. The Morgan fingerprint density at radius 3 is 2.68 bits per heavy atom. The summed E-state index contributed by atoms with van der Waals surface area (Å²) < 4.78 is 5.58. The molecule has 1 aliphatic carbocycles. The first-order chi connectivity index (χ1) is 9.32. The fraction of sp³-hybridized carbons (Fsp3) is 0.857. The van der Waals surface area contributed by atoms with Gasteiger partial charge in [-0.3, -0.25) is 4.90 Å². The second kappa shape index (κ2) is 5.59. The van der Waals surface area contributed by atoms with Crippen LogP contribution in [0.2, 0.25) is 0 Å². The van der Waals surface area contributed by atoms with Crippen molar-refractivity contribution in [2.75, 3.05) is 26.2 Å². The molecule has 1 saturated heterocycles. The highest BCUT2D eigenvalue weighted by molar-refractivity contribution is 5.07. The van der Waals surface area contributed by atoms with Crippen LogP contribution in [0.25, 0.3) is 0 Å². The van der Waals surface area contributed by atoms with E-state index in [0.29, 0.717) is 0 Å². The van der Waals surface area contributed by atoms with Crippen LogP contribution in [0.1, 0.15) is 50.7 Å². The van der Waals surface area contributed by atoms with Gasteiger partial charge in [0.05, 0.1) is 6.54 Å². The molecule has 0 aromatic carbocycles. The molecule has 5 heteroatoms. The second-order valence-electron chi connectivity index (χ2n) is 5.88. The summed E-state index contributed by atoms with van der Waals surface area (Å²) in [5.74, 6) is 1.74. The molecule has 2 aliphatic rings. The van der Waals surface area contributed by atoms with E-state index in [4.69, 9.17) is 4.52 Å². The Kier molecular flexibility index (Phi) is 3.84. The molecule has 0 atom stereocenters. The minimum Gasteiger partial charge on any atom is -0.339 e.